The molecule has 1 aromatic heterocycles. The fourth-order valence-corrected chi connectivity index (χ4v) is 3.27. The molecule has 1 heterocycles. The van der Waals surface area contributed by atoms with E-state index in [4.69, 9.17) is 5.14 Å². The first kappa shape index (κ1) is 15.4. The summed E-state index contributed by atoms with van der Waals surface area (Å²) in [7, 11) is -3.96. The van der Waals surface area contributed by atoms with E-state index in [2.05, 4.69) is 27.9 Å². The SMILES string of the molecule is NS(=O)(=O)c1ccc(F)c(NC(=O)c2csc(I)c2)c1. The van der Waals surface area contributed by atoms with Crippen molar-refractivity contribution in [2.75, 3.05) is 5.32 Å². The highest BCUT2D eigenvalue weighted by molar-refractivity contribution is 14.1. The molecule has 0 fully saturated rings. The maximum Gasteiger partial charge on any atom is 0.256 e. The van der Waals surface area contributed by atoms with Crippen molar-refractivity contribution in [3.05, 3.63) is 43.9 Å². The first-order chi connectivity index (χ1) is 9.27. The molecule has 2 rings (SSSR count). The molecule has 0 atom stereocenters. The van der Waals surface area contributed by atoms with E-state index < -0.39 is 21.7 Å². The van der Waals surface area contributed by atoms with Crippen LogP contribution in [0.15, 0.2) is 34.5 Å². The summed E-state index contributed by atoms with van der Waals surface area (Å²) in [6.45, 7) is 0. The fourth-order valence-electron chi connectivity index (χ4n) is 1.40. The lowest BCUT2D eigenvalue weighted by Gasteiger charge is -2.07. The van der Waals surface area contributed by atoms with Crippen LogP contribution in [0.5, 0.6) is 0 Å². The number of sulfonamides is 1. The van der Waals surface area contributed by atoms with Gasteiger partial charge in [0.15, 0.2) is 0 Å². The summed E-state index contributed by atoms with van der Waals surface area (Å²) < 4.78 is 36.9. The zero-order valence-electron chi connectivity index (χ0n) is 9.76. The normalized spacial score (nSPS) is 11.3. The summed E-state index contributed by atoms with van der Waals surface area (Å²) in [6.07, 6.45) is 0. The number of carbonyl (C=O) groups is 1. The second-order valence-corrected chi connectivity index (χ2v) is 8.15. The lowest BCUT2D eigenvalue weighted by Crippen LogP contribution is -2.15. The number of anilines is 1. The van der Waals surface area contributed by atoms with Crippen molar-refractivity contribution in [2.24, 2.45) is 5.14 Å². The molecule has 0 saturated heterocycles. The molecule has 9 heteroatoms. The highest BCUT2D eigenvalue weighted by Gasteiger charge is 2.15. The molecule has 1 aromatic carbocycles. The molecule has 0 aliphatic heterocycles. The van der Waals surface area contributed by atoms with E-state index in [0.29, 0.717) is 5.56 Å². The first-order valence-electron chi connectivity index (χ1n) is 5.15. The van der Waals surface area contributed by atoms with Gasteiger partial charge >= 0.3 is 0 Å². The number of primary sulfonamides is 1. The van der Waals surface area contributed by atoms with Crippen molar-refractivity contribution in [1.29, 1.82) is 0 Å². The predicted octanol–water partition coefficient (Wildman–Crippen LogP) is 2.39. The van der Waals surface area contributed by atoms with Gasteiger partial charge in [0.25, 0.3) is 5.91 Å². The van der Waals surface area contributed by atoms with Crippen LogP contribution in [0, 0.1) is 8.70 Å². The Morgan fingerprint density at radius 2 is 2.05 bits per heavy atom. The second-order valence-electron chi connectivity index (χ2n) is 3.78. The van der Waals surface area contributed by atoms with Crippen LogP contribution >= 0.6 is 33.9 Å². The second kappa shape index (κ2) is 5.76. The van der Waals surface area contributed by atoms with E-state index in [-0.39, 0.29) is 10.6 Å². The van der Waals surface area contributed by atoms with Crippen molar-refractivity contribution >= 4 is 55.5 Å². The smallest absolute Gasteiger partial charge is 0.256 e. The summed E-state index contributed by atoms with van der Waals surface area (Å²) in [6, 6.07) is 4.60. The van der Waals surface area contributed by atoms with Crippen LogP contribution in [-0.2, 0) is 10.0 Å². The van der Waals surface area contributed by atoms with Crippen LogP contribution in [0.2, 0.25) is 0 Å². The van der Waals surface area contributed by atoms with Gasteiger partial charge < -0.3 is 5.32 Å². The number of nitrogens with one attached hydrogen (secondary N) is 1. The zero-order chi connectivity index (χ0) is 14.9. The van der Waals surface area contributed by atoms with Crippen LogP contribution in [0.1, 0.15) is 10.4 Å². The van der Waals surface area contributed by atoms with Gasteiger partial charge in [-0.05, 0) is 46.9 Å². The Kier molecular flexibility index (Phi) is 4.42. The number of hydrogen-bond donors (Lipinski definition) is 2. The predicted molar refractivity (Wildman–Crippen MR) is 82.8 cm³/mol. The zero-order valence-corrected chi connectivity index (χ0v) is 13.6. The Hall–Kier alpha value is -1.04. The third-order valence-electron chi connectivity index (χ3n) is 2.34. The van der Waals surface area contributed by atoms with Gasteiger partial charge in [0.2, 0.25) is 10.0 Å². The molecule has 0 aliphatic carbocycles. The van der Waals surface area contributed by atoms with Gasteiger partial charge in [-0.1, -0.05) is 0 Å². The van der Waals surface area contributed by atoms with Crippen molar-refractivity contribution in [3.63, 3.8) is 0 Å². The molecule has 1 amide bonds. The average Bonchev–Trinajstić information content (AvgIpc) is 2.77. The summed E-state index contributed by atoms with van der Waals surface area (Å²) in [5.74, 6) is -1.26. The Bertz CT molecular complexity index is 774. The minimum Gasteiger partial charge on any atom is -0.319 e. The number of hydrogen-bond acceptors (Lipinski definition) is 4. The average molecular weight is 426 g/mol. The van der Waals surface area contributed by atoms with E-state index in [1.165, 1.54) is 11.3 Å². The van der Waals surface area contributed by atoms with Crippen molar-refractivity contribution in [2.45, 2.75) is 4.90 Å². The van der Waals surface area contributed by atoms with E-state index >= 15 is 0 Å². The maximum absolute atomic E-state index is 13.6. The number of amides is 1. The lowest BCUT2D eigenvalue weighted by molar-refractivity contribution is 0.102. The van der Waals surface area contributed by atoms with Gasteiger partial charge in [-0.25, -0.2) is 17.9 Å². The number of benzene rings is 1. The largest absolute Gasteiger partial charge is 0.319 e. The van der Waals surface area contributed by atoms with E-state index in [9.17, 15) is 17.6 Å². The summed E-state index contributed by atoms with van der Waals surface area (Å²) in [5.41, 5.74) is 0.141. The van der Waals surface area contributed by atoms with Gasteiger partial charge in [-0.2, -0.15) is 0 Å². The van der Waals surface area contributed by atoms with E-state index in [1.54, 1.807) is 11.4 Å². The van der Waals surface area contributed by atoms with Crippen LogP contribution in [0.3, 0.4) is 0 Å². The number of rotatable bonds is 3. The Morgan fingerprint density at radius 1 is 1.35 bits per heavy atom. The fraction of sp³-hybridized carbons (Fsp3) is 0. The van der Waals surface area contributed by atoms with Gasteiger partial charge in [0, 0.05) is 5.38 Å². The lowest BCUT2D eigenvalue weighted by atomic mass is 10.2. The minimum absolute atomic E-state index is 0.234. The van der Waals surface area contributed by atoms with Gasteiger partial charge in [0.1, 0.15) is 5.82 Å². The van der Waals surface area contributed by atoms with Crippen LogP contribution in [0.25, 0.3) is 0 Å². The topological polar surface area (TPSA) is 89.3 Å². The summed E-state index contributed by atoms with van der Waals surface area (Å²) in [4.78, 5) is 11.6. The molecule has 0 aliphatic rings. The van der Waals surface area contributed by atoms with Gasteiger partial charge in [-0.15, -0.1) is 11.3 Å². The first-order valence-corrected chi connectivity index (χ1v) is 8.65. The van der Waals surface area contributed by atoms with Crippen molar-refractivity contribution in [3.8, 4) is 0 Å². The highest BCUT2D eigenvalue weighted by atomic mass is 127. The molecule has 20 heavy (non-hydrogen) atoms. The van der Waals surface area contributed by atoms with Crippen molar-refractivity contribution < 1.29 is 17.6 Å². The highest BCUT2D eigenvalue weighted by Crippen LogP contribution is 2.21. The monoisotopic (exact) mass is 426 g/mol. The Balaban J connectivity index is 2.31. The Morgan fingerprint density at radius 3 is 2.60 bits per heavy atom. The quantitative estimate of drug-likeness (QED) is 0.739. The van der Waals surface area contributed by atoms with Crippen LogP contribution in [0.4, 0.5) is 10.1 Å². The summed E-state index contributed by atoms with van der Waals surface area (Å²) in [5, 5.41) is 8.90. The standard InChI is InChI=1S/C11H8FIN2O3S2/c12-8-2-1-7(20(14,17)18)4-9(8)15-11(16)6-3-10(13)19-5-6/h1-5H,(H,15,16)(H2,14,17,18). The van der Waals surface area contributed by atoms with E-state index in [1.807, 2.05) is 0 Å². The molecule has 3 N–H and O–H groups in total. The molecule has 0 radical (unpaired) electrons. The molecule has 0 unspecified atom stereocenters. The van der Waals surface area contributed by atoms with Crippen LogP contribution in [-0.4, -0.2) is 14.3 Å². The molecular formula is C11H8FIN2O3S2. The third-order valence-corrected chi connectivity index (χ3v) is 5.04. The molecule has 0 saturated carbocycles. The number of thiophene rings is 1. The molecule has 0 spiro atoms. The molecular weight excluding hydrogens is 418 g/mol. The molecule has 106 valence electrons. The Labute approximate surface area is 132 Å². The number of carbonyl (C=O) groups excluding carboxylic acids is 1. The minimum atomic E-state index is -3.96. The third kappa shape index (κ3) is 3.53. The van der Waals surface area contributed by atoms with E-state index in [0.717, 1.165) is 21.1 Å². The van der Waals surface area contributed by atoms with Crippen LogP contribution < -0.4 is 10.5 Å². The molecule has 0 bridgehead atoms. The maximum atomic E-state index is 13.6. The summed E-state index contributed by atoms with van der Waals surface area (Å²) >= 11 is 3.43. The van der Waals surface area contributed by atoms with Crippen molar-refractivity contribution in [1.82, 2.24) is 0 Å². The number of halogens is 2. The van der Waals surface area contributed by atoms with Gasteiger partial charge in [0.05, 0.1) is 19.0 Å². The number of nitrogens with two attached hydrogens (primary N) is 1. The van der Waals surface area contributed by atoms with Gasteiger partial charge in [-0.3, -0.25) is 4.79 Å². The molecule has 5 nitrogen and oxygen atoms in total. The molecule has 2 aromatic rings.